The molecule has 1 aliphatic rings. The van der Waals surface area contributed by atoms with Gasteiger partial charge in [-0.25, -0.2) is 4.98 Å². The Morgan fingerprint density at radius 1 is 1.50 bits per heavy atom. The van der Waals surface area contributed by atoms with E-state index in [-0.39, 0.29) is 11.9 Å². The Labute approximate surface area is 80.9 Å². The summed E-state index contributed by atoms with van der Waals surface area (Å²) < 4.78 is 0. The first kappa shape index (κ1) is 9.01. The highest BCUT2D eigenvalue weighted by molar-refractivity contribution is 5.97. The minimum atomic E-state index is -0.723. The lowest BCUT2D eigenvalue weighted by Gasteiger charge is -2.35. The van der Waals surface area contributed by atoms with Gasteiger partial charge in [-0.05, 0) is 19.3 Å². The van der Waals surface area contributed by atoms with Crippen LogP contribution in [0.2, 0.25) is 0 Å². The van der Waals surface area contributed by atoms with Crippen molar-refractivity contribution in [2.45, 2.75) is 24.8 Å². The lowest BCUT2D eigenvalue weighted by atomic mass is 9.77. The molecule has 74 valence electrons. The van der Waals surface area contributed by atoms with Crippen molar-refractivity contribution >= 4 is 11.9 Å². The number of carbonyl (C=O) groups excluding carboxylic acids is 1. The molecule has 6 nitrogen and oxygen atoms in total. The average Bonchev–Trinajstić information content (AvgIpc) is 2.15. The minimum absolute atomic E-state index is 0.203. The maximum Gasteiger partial charge on any atom is 0.249 e. The molecule has 2 rings (SSSR count). The van der Waals surface area contributed by atoms with Crippen molar-refractivity contribution in [2.24, 2.45) is 5.73 Å². The molecule has 1 aromatic rings. The van der Waals surface area contributed by atoms with E-state index in [2.05, 4.69) is 20.5 Å². The molecule has 0 aromatic carbocycles. The van der Waals surface area contributed by atoms with Crippen LogP contribution in [0.3, 0.4) is 0 Å². The molecule has 1 aromatic heterocycles. The number of hydrogen-bond donors (Lipinski definition) is 2. The molecule has 1 amide bonds. The van der Waals surface area contributed by atoms with Crippen LogP contribution in [-0.4, -0.2) is 26.6 Å². The monoisotopic (exact) mass is 193 g/mol. The Kier molecular flexibility index (Phi) is 2.12. The van der Waals surface area contributed by atoms with E-state index in [1.54, 1.807) is 0 Å². The first-order chi connectivity index (χ1) is 6.71. The van der Waals surface area contributed by atoms with Gasteiger partial charge in [0.2, 0.25) is 11.9 Å². The molecule has 1 aliphatic carbocycles. The molecule has 1 fully saturated rings. The first-order valence-corrected chi connectivity index (χ1v) is 4.45. The van der Waals surface area contributed by atoms with Crippen molar-refractivity contribution in [3.8, 4) is 0 Å². The summed E-state index contributed by atoms with van der Waals surface area (Å²) in [5.41, 5.74) is 5.08. The van der Waals surface area contributed by atoms with Crippen molar-refractivity contribution in [3.05, 3.63) is 12.4 Å². The van der Waals surface area contributed by atoms with Crippen molar-refractivity contribution < 1.29 is 4.79 Å². The standard InChI is InChI=1S/C8H11N5O/c9-8(2-1-3-8)6(14)12-7-10-4-5-11-13-7/h4-5H,1-3,9H2,(H,10,12,13,14). The molecule has 6 heteroatoms. The Hall–Kier alpha value is -1.56. The second kappa shape index (κ2) is 3.30. The molecule has 0 saturated heterocycles. The summed E-state index contributed by atoms with van der Waals surface area (Å²) in [5.74, 6) is -0.0222. The molecule has 3 N–H and O–H groups in total. The van der Waals surface area contributed by atoms with E-state index in [0.29, 0.717) is 0 Å². The normalized spacial score (nSPS) is 18.4. The maximum absolute atomic E-state index is 11.6. The highest BCUT2D eigenvalue weighted by Gasteiger charge is 2.40. The smallest absolute Gasteiger partial charge is 0.249 e. The number of nitrogens with two attached hydrogens (primary N) is 1. The zero-order valence-electron chi connectivity index (χ0n) is 7.60. The molecule has 1 saturated carbocycles. The van der Waals surface area contributed by atoms with Gasteiger partial charge in [-0.2, -0.15) is 5.10 Å². The number of hydrogen-bond acceptors (Lipinski definition) is 5. The van der Waals surface area contributed by atoms with Crippen LogP contribution in [0.25, 0.3) is 0 Å². The van der Waals surface area contributed by atoms with Gasteiger partial charge < -0.3 is 5.73 Å². The zero-order chi connectivity index (χ0) is 10.0. The van der Waals surface area contributed by atoms with Crippen LogP contribution in [0, 0.1) is 0 Å². The van der Waals surface area contributed by atoms with Gasteiger partial charge in [0.1, 0.15) is 0 Å². The van der Waals surface area contributed by atoms with Gasteiger partial charge in [0.05, 0.1) is 17.9 Å². The average molecular weight is 193 g/mol. The summed E-state index contributed by atoms with van der Waals surface area (Å²) in [4.78, 5) is 15.4. The van der Waals surface area contributed by atoms with Gasteiger partial charge in [0.15, 0.2) is 0 Å². The second-order valence-corrected chi connectivity index (χ2v) is 3.43. The summed E-state index contributed by atoms with van der Waals surface area (Å²) in [6, 6.07) is 0. The molecule has 0 radical (unpaired) electrons. The van der Waals surface area contributed by atoms with E-state index in [4.69, 9.17) is 5.73 Å². The molecule has 0 spiro atoms. The fraction of sp³-hybridized carbons (Fsp3) is 0.500. The third-order valence-electron chi connectivity index (χ3n) is 2.41. The van der Waals surface area contributed by atoms with E-state index in [1.807, 2.05) is 0 Å². The van der Waals surface area contributed by atoms with Crippen LogP contribution in [0.15, 0.2) is 12.4 Å². The molecule has 0 bridgehead atoms. The van der Waals surface area contributed by atoms with E-state index >= 15 is 0 Å². The Bertz CT molecular complexity index is 335. The number of nitrogens with zero attached hydrogens (tertiary/aromatic N) is 3. The van der Waals surface area contributed by atoms with Gasteiger partial charge in [0, 0.05) is 0 Å². The molecule has 0 atom stereocenters. The zero-order valence-corrected chi connectivity index (χ0v) is 7.60. The van der Waals surface area contributed by atoms with Crippen molar-refractivity contribution in [3.63, 3.8) is 0 Å². The van der Waals surface area contributed by atoms with Crippen LogP contribution in [0.5, 0.6) is 0 Å². The highest BCUT2D eigenvalue weighted by atomic mass is 16.2. The number of amides is 1. The topological polar surface area (TPSA) is 93.8 Å². The Balaban J connectivity index is 2.02. The number of nitrogens with one attached hydrogen (secondary N) is 1. The molecule has 1 heterocycles. The van der Waals surface area contributed by atoms with Crippen LogP contribution in [-0.2, 0) is 4.79 Å². The summed E-state index contributed by atoms with van der Waals surface area (Å²) in [6.07, 6.45) is 5.35. The van der Waals surface area contributed by atoms with Gasteiger partial charge in [-0.15, -0.1) is 5.10 Å². The van der Waals surface area contributed by atoms with Crippen LogP contribution in [0.1, 0.15) is 19.3 Å². The minimum Gasteiger partial charge on any atom is -0.317 e. The third kappa shape index (κ3) is 1.56. The molecule has 0 aliphatic heterocycles. The van der Waals surface area contributed by atoms with Gasteiger partial charge in [0.25, 0.3) is 0 Å². The van der Waals surface area contributed by atoms with E-state index in [1.165, 1.54) is 12.4 Å². The molecule has 14 heavy (non-hydrogen) atoms. The van der Waals surface area contributed by atoms with Crippen LogP contribution < -0.4 is 11.1 Å². The SMILES string of the molecule is NC1(C(=O)Nc2nccnn2)CCC1. The van der Waals surface area contributed by atoms with E-state index in [0.717, 1.165) is 19.3 Å². The molecule has 0 unspecified atom stereocenters. The number of rotatable bonds is 2. The molecular weight excluding hydrogens is 182 g/mol. The van der Waals surface area contributed by atoms with Crippen molar-refractivity contribution in [2.75, 3.05) is 5.32 Å². The highest BCUT2D eigenvalue weighted by Crippen LogP contribution is 2.29. The van der Waals surface area contributed by atoms with Crippen LogP contribution in [0.4, 0.5) is 5.95 Å². The van der Waals surface area contributed by atoms with Gasteiger partial charge in [-0.3, -0.25) is 10.1 Å². The maximum atomic E-state index is 11.6. The predicted octanol–water partition coefficient (Wildman–Crippen LogP) is -0.309. The summed E-state index contributed by atoms with van der Waals surface area (Å²) in [5, 5.41) is 9.77. The Morgan fingerprint density at radius 2 is 2.29 bits per heavy atom. The summed E-state index contributed by atoms with van der Waals surface area (Å²) in [7, 11) is 0. The van der Waals surface area contributed by atoms with E-state index in [9.17, 15) is 4.79 Å². The lowest BCUT2D eigenvalue weighted by Crippen LogP contribution is -2.56. The summed E-state index contributed by atoms with van der Waals surface area (Å²) in [6.45, 7) is 0. The quantitative estimate of drug-likeness (QED) is 0.672. The lowest BCUT2D eigenvalue weighted by molar-refractivity contribution is -0.123. The number of anilines is 1. The van der Waals surface area contributed by atoms with Crippen molar-refractivity contribution in [1.82, 2.24) is 15.2 Å². The number of carbonyl (C=O) groups is 1. The van der Waals surface area contributed by atoms with E-state index < -0.39 is 5.54 Å². The van der Waals surface area contributed by atoms with Crippen LogP contribution >= 0.6 is 0 Å². The van der Waals surface area contributed by atoms with Crippen molar-refractivity contribution in [1.29, 1.82) is 0 Å². The Morgan fingerprint density at radius 3 is 2.79 bits per heavy atom. The third-order valence-corrected chi connectivity index (χ3v) is 2.41. The predicted molar refractivity (Wildman–Crippen MR) is 49.2 cm³/mol. The fourth-order valence-corrected chi connectivity index (χ4v) is 1.32. The first-order valence-electron chi connectivity index (χ1n) is 4.45. The van der Waals surface area contributed by atoms with Gasteiger partial charge in [-0.1, -0.05) is 0 Å². The second-order valence-electron chi connectivity index (χ2n) is 3.43. The molecular formula is C8H11N5O. The fourth-order valence-electron chi connectivity index (χ4n) is 1.32. The summed E-state index contributed by atoms with van der Waals surface area (Å²) >= 11 is 0. The largest absolute Gasteiger partial charge is 0.317 e. The van der Waals surface area contributed by atoms with Gasteiger partial charge >= 0.3 is 0 Å². The number of aromatic nitrogens is 3.